The van der Waals surface area contributed by atoms with Crippen molar-refractivity contribution >= 4 is 0 Å². The normalized spacial score (nSPS) is 20.1. The second-order valence-electron chi connectivity index (χ2n) is 5.91. The third kappa shape index (κ3) is 4.20. The second kappa shape index (κ2) is 7.07. The maximum atomic E-state index is 9.98. The van der Waals surface area contributed by atoms with E-state index >= 15 is 0 Å². The molecule has 4 heteroatoms. The van der Waals surface area contributed by atoms with E-state index in [9.17, 15) is 5.11 Å². The van der Waals surface area contributed by atoms with Crippen LogP contribution in [0.15, 0.2) is 18.2 Å². The minimum Gasteiger partial charge on any atom is -0.493 e. The molecule has 2 unspecified atom stereocenters. The number of benzene rings is 1. The molecule has 0 aromatic heterocycles. The van der Waals surface area contributed by atoms with Crippen LogP contribution in [-0.4, -0.2) is 49.9 Å². The maximum Gasteiger partial charge on any atom is 0.124 e. The Morgan fingerprint density at radius 2 is 2.25 bits per heavy atom. The van der Waals surface area contributed by atoms with Gasteiger partial charge in [-0.25, -0.2) is 0 Å². The van der Waals surface area contributed by atoms with Crippen molar-refractivity contribution < 1.29 is 9.84 Å². The van der Waals surface area contributed by atoms with Crippen LogP contribution in [0.25, 0.3) is 0 Å². The van der Waals surface area contributed by atoms with Crippen molar-refractivity contribution in [3.8, 4) is 5.75 Å². The van der Waals surface area contributed by atoms with E-state index in [0.717, 1.165) is 25.2 Å². The lowest BCUT2D eigenvalue weighted by molar-refractivity contribution is 0.131. The summed E-state index contributed by atoms with van der Waals surface area (Å²) in [6, 6.07) is 6.64. The van der Waals surface area contributed by atoms with Gasteiger partial charge in [0.1, 0.15) is 5.75 Å². The molecule has 112 valence electrons. The van der Waals surface area contributed by atoms with Gasteiger partial charge in [0.05, 0.1) is 12.7 Å². The summed E-state index contributed by atoms with van der Waals surface area (Å²) in [5.74, 6) is 0.988. The number of aliphatic hydroxyl groups is 1. The van der Waals surface area contributed by atoms with Gasteiger partial charge in [-0.2, -0.15) is 0 Å². The fourth-order valence-corrected chi connectivity index (χ4v) is 2.66. The van der Waals surface area contributed by atoms with Gasteiger partial charge >= 0.3 is 0 Å². The first-order valence-electron chi connectivity index (χ1n) is 7.36. The smallest absolute Gasteiger partial charge is 0.124 e. The van der Waals surface area contributed by atoms with Crippen molar-refractivity contribution in [2.24, 2.45) is 0 Å². The van der Waals surface area contributed by atoms with E-state index in [4.69, 9.17) is 4.74 Å². The summed E-state index contributed by atoms with van der Waals surface area (Å²) >= 11 is 0. The fourth-order valence-electron chi connectivity index (χ4n) is 2.66. The van der Waals surface area contributed by atoms with E-state index in [2.05, 4.69) is 30.4 Å². The number of hydrogen-bond donors (Lipinski definition) is 2. The Morgan fingerprint density at radius 1 is 1.45 bits per heavy atom. The first-order valence-corrected chi connectivity index (χ1v) is 7.36. The number of ether oxygens (including phenoxy) is 1. The van der Waals surface area contributed by atoms with Crippen molar-refractivity contribution in [3.63, 3.8) is 0 Å². The van der Waals surface area contributed by atoms with Crippen LogP contribution < -0.4 is 10.1 Å². The zero-order valence-corrected chi connectivity index (χ0v) is 12.7. The molecule has 4 nitrogen and oxygen atoms in total. The van der Waals surface area contributed by atoms with Crippen LogP contribution in [0.1, 0.15) is 30.0 Å². The topological polar surface area (TPSA) is 44.7 Å². The summed E-state index contributed by atoms with van der Waals surface area (Å²) in [6.45, 7) is 4.14. The molecule has 20 heavy (non-hydrogen) atoms. The van der Waals surface area contributed by atoms with Crippen LogP contribution in [0.5, 0.6) is 5.75 Å². The molecule has 2 rings (SSSR count). The average Bonchev–Trinajstić information content (AvgIpc) is 2.57. The fraction of sp³-hybridized carbons (Fsp3) is 0.625. The predicted octanol–water partition coefficient (Wildman–Crippen LogP) is 1.72. The Morgan fingerprint density at radius 3 is 3.00 bits per heavy atom. The monoisotopic (exact) mass is 278 g/mol. The van der Waals surface area contributed by atoms with Gasteiger partial charge in [0.2, 0.25) is 0 Å². The van der Waals surface area contributed by atoms with Gasteiger partial charge in [-0.1, -0.05) is 12.1 Å². The van der Waals surface area contributed by atoms with Crippen molar-refractivity contribution in [2.75, 3.05) is 33.8 Å². The highest BCUT2D eigenvalue weighted by molar-refractivity contribution is 5.39. The SMILES string of the molecule is Cc1ccc2c(c1)OCCCC2NCC(O)CN(C)C. The standard InChI is InChI=1S/C16H26N2O2/c1-12-6-7-14-15(5-4-8-20-16(14)9-12)17-10-13(19)11-18(2)3/h6-7,9,13,15,17,19H,4-5,8,10-11H2,1-3H3. The zero-order valence-electron chi connectivity index (χ0n) is 12.7. The van der Waals surface area contributed by atoms with E-state index in [1.54, 1.807) is 0 Å². The predicted molar refractivity (Wildman–Crippen MR) is 81.2 cm³/mol. The molecule has 2 N–H and O–H groups in total. The molecule has 0 aliphatic carbocycles. The molecule has 1 aromatic rings. The first kappa shape index (κ1) is 15.3. The summed E-state index contributed by atoms with van der Waals surface area (Å²) in [4.78, 5) is 2.00. The van der Waals surface area contributed by atoms with Crippen molar-refractivity contribution in [2.45, 2.75) is 31.9 Å². The van der Waals surface area contributed by atoms with E-state index in [-0.39, 0.29) is 12.1 Å². The second-order valence-corrected chi connectivity index (χ2v) is 5.91. The molecule has 0 fully saturated rings. The molecule has 0 saturated heterocycles. The number of nitrogens with zero attached hydrogens (tertiary/aromatic N) is 1. The van der Waals surface area contributed by atoms with Gasteiger partial charge in [0, 0.05) is 24.7 Å². The lowest BCUT2D eigenvalue weighted by Gasteiger charge is -2.22. The van der Waals surface area contributed by atoms with Gasteiger partial charge in [-0.15, -0.1) is 0 Å². The Hall–Kier alpha value is -1.10. The summed E-state index contributed by atoms with van der Waals surface area (Å²) in [5.41, 5.74) is 2.43. The minimum atomic E-state index is -0.344. The third-order valence-electron chi connectivity index (χ3n) is 3.61. The number of hydrogen-bond acceptors (Lipinski definition) is 4. The molecule has 1 aromatic carbocycles. The van der Waals surface area contributed by atoms with Crippen molar-refractivity contribution in [1.29, 1.82) is 0 Å². The number of aryl methyl sites for hydroxylation is 1. The Kier molecular flexibility index (Phi) is 5.40. The zero-order chi connectivity index (χ0) is 14.5. The Balaban J connectivity index is 2.01. The largest absolute Gasteiger partial charge is 0.493 e. The number of fused-ring (bicyclic) bond motifs is 1. The number of likely N-dealkylation sites (N-methyl/N-ethyl adjacent to an activating group) is 1. The van der Waals surface area contributed by atoms with Crippen molar-refractivity contribution in [1.82, 2.24) is 10.2 Å². The van der Waals surface area contributed by atoms with Gasteiger partial charge in [0.15, 0.2) is 0 Å². The molecule has 1 aliphatic heterocycles. The first-order chi connectivity index (χ1) is 9.56. The summed E-state index contributed by atoms with van der Waals surface area (Å²) in [6.07, 6.45) is 1.74. The summed E-state index contributed by atoms with van der Waals surface area (Å²) in [7, 11) is 3.95. The van der Waals surface area contributed by atoms with Gasteiger partial charge in [-0.05, 0) is 45.5 Å². The number of nitrogens with one attached hydrogen (secondary N) is 1. The van der Waals surface area contributed by atoms with Crippen LogP contribution in [0.4, 0.5) is 0 Å². The van der Waals surface area contributed by atoms with Gasteiger partial charge in [-0.3, -0.25) is 0 Å². The third-order valence-corrected chi connectivity index (χ3v) is 3.61. The van der Waals surface area contributed by atoms with Crippen LogP contribution in [0.2, 0.25) is 0 Å². The van der Waals surface area contributed by atoms with E-state index in [0.29, 0.717) is 13.1 Å². The summed E-state index contributed by atoms with van der Waals surface area (Å²) in [5, 5.41) is 13.5. The number of aliphatic hydroxyl groups excluding tert-OH is 1. The molecule has 0 amide bonds. The van der Waals surface area contributed by atoms with Crippen LogP contribution in [-0.2, 0) is 0 Å². The highest BCUT2D eigenvalue weighted by Crippen LogP contribution is 2.32. The van der Waals surface area contributed by atoms with Gasteiger partial charge < -0.3 is 20.1 Å². The average molecular weight is 278 g/mol. The number of rotatable bonds is 5. The molecule has 0 radical (unpaired) electrons. The van der Waals surface area contributed by atoms with Crippen LogP contribution >= 0.6 is 0 Å². The molecule has 1 aliphatic rings. The molecule has 0 spiro atoms. The van der Waals surface area contributed by atoms with Crippen molar-refractivity contribution in [3.05, 3.63) is 29.3 Å². The van der Waals surface area contributed by atoms with E-state index < -0.39 is 0 Å². The molecular formula is C16H26N2O2. The van der Waals surface area contributed by atoms with E-state index in [1.165, 1.54) is 11.1 Å². The highest BCUT2D eigenvalue weighted by Gasteiger charge is 2.20. The molecule has 2 atom stereocenters. The van der Waals surface area contributed by atoms with Crippen LogP contribution in [0, 0.1) is 6.92 Å². The Labute approximate surface area is 121 Å². The van der Waals surface area contributed by atoms with Gasteiger partial charge in [0.25, 0.3) is 0 Å². The molecule has 0 bridgehead atoms. The lowest BCUT2D eigenvalue weighted by Crippen LogP contribution is -2.36. The molecule has 1 heterocycles. The Bertz CT molecular complexity index is 434. The maximum absolute atomic E-state index is 9.98. The molecular weight excluding hydrogens is 252 g/mol. The quantitative estimate of drug-likeness (QED) is 0.861. The summed E-state index contributed by atoms with van der Waals surface area (Å²) < 4.78 is 5.82. The minimum absolute atomic E-state index is 0.268. The van der Waals surface area contributed by atoms with Crippen LogP contribution in [0.3, 0.4) is 0 Å². The molecule has 0 saturated carbocycles. The highest BCUT2D eigenvalue weighted by atomic mass is 16.5. The lowest BCUT2D eigenvalue weighted by atomic mass is 10.0. The van der Waals surface area contributed by atoms with E-state index in [1.807, 2.05) is 19.0 Å².